The molecule has 1 aromatic carbocycles. The number of nitrogens with one attached hydrogen (secondary N) is 1. The number of halogens is 1. The molecule has 2 nitrogen and oxygen atoms in total. The van der Waals surface area contributed by atoms with Gasteiger partial charge < -0.3 is 10.7 Å². The molecule has 0 amide bonds. The zero-order chi connectivity index (χ0) is 9.54. The Kier molecular flexibility index (Phi) is 2.72. The predicted molar refractivity (Wildman–Crippen MR) is 65.5 cm³/mol. The van der Waals surface area contributed by atoms with Crippen LogP contribution in [0, 0.1) is 0 Å². The van der Waals surface area contributed by atoms with Crippen LogP contribution in [0.3, 0.4) is 0 Å². The van der Waals surface area contributed by atoms with Gasteiger partial charge in [0.25, 0.3) is 0 Å². The highest BCUT2D eigenvalue weighted by Gasteiger charge is 2.19. The van der Waals surface area contributed by atoms with Gasteiger partial charge in [-0.1, -0.05) is 18.2 Å². The summed E-state index contributed by atoms with van der Waals surface area (Å²) in [6.45, 7) is 0. The minimum Gasteiger partial charge on any atom is -0.358 e. The summed E-state index contributed by atoms with van der Waals surface area (Å²) in [5, 5.41) is 1.38. The normalized spacial score (nSPS) is 19.7. The van der Waals surface area contributed by atoms with Crippen molar-refractivity contribution in [3.8, 4) is 0 Å². The van der Waals surface area contributed by atoms with E-state index in [1.807, 2.05) is 0 Å². The zero-order valence-electron chi connectivity index (χ0n) is 8.49. The van der Waals surface area contributed by atoms with Crippen molar-refractivity contribution >= 4 is 23.3 Å². The molecule has 1 atom stereocenters. The van der Waals surface area contributed by atoms with Gasteiger partial charge in [0, 0.05) is 29.1 Å². The molecule has 0 aliphatic heterocycles. The third kappa shape index (κ3) is 1.64. The van der Waals surface area contributed by atoms with E-state index in [2.05, 4.69) is 29.2 Å². The molecule has 15 heavy (non-hydrogen) atoms. The number of fused-ring (bicyclic) bond motifs is 3. The molecule has 1 unspecified atom stereocenters. The summed E-state index contributed by atoms with van der Waals surface area (Å²) in [6.07, 6.45) is 3.25. The molecule has 1 aliphatic rings. The molecule has 0 saturated carbocycles. The van der Waals surface area contributed by atoms with Crippen molar-refractivity contribution < 1.29 is 0 Å². The molecular weight excluding hydrogens is 208 g/mol. The predicted octanol–water partition coefficient (Wildman–Crippen LogP) is 2.41. The maximum atomic E-state index is 5.95. The zero-order valence-corrected chi connectivity index (χ0v) is 9.31. The smallest absolute Gasteiger partial charge is 0.0458 e. The Labute approximate surface area is 95.3 Å². The van der Waals surface area contributed by atoms with Crippen LogP contribution in [0.1, 0.15) is 17.7 Å². The van der Waals surface area contributed by atoms with Crippen molar-refractivity contribution in [1.82, 2.24) is 4.98 Å². The number of hydrogen-bond donors (Lipinski definition) is 2. The van der Waals surface area contributed by atoms with Crippen molar-refractivity contribution in [2.45, 2.75) is 25.3 Å². The van der Waals surface area contributed by atoms with Crippen molar-refractivity contribution in [3.05, 3.63) is 35.5 Å². The molecule has 0 bridgehead atoms. The molecule has 2 aromatic rings. The highest BCUT2D eigenvalue weighted by atomic mass is 35.5. The number of aromatic nitrogens is 1. The first kappa shape index (κ1) is 10.5. The Balaban J connectivity index is 0.000000853. The average molecular weight is 223 g/mol. The lowest BCUT2D eigenvalue weighted by Crippen LogP contribution is -2.27. The fraction of sp³-hybridized carbons (Fsp3) is 0.333. The molecule has 3 rings (SSSR count). The van der Waals surface area contributed by atoms with Crippen molar-refractivity contribution in [2.75, 3.05) is 0 Å². The molecule has 0 saturated heterocycles. The SMILES string of the molecule is Cl.NC1CCc2c([nH]c3ccccc23)C1. The van der Waals surface area contributed by atoms with E-state index in [0.29, 0.717) is 6.04 Å². The number of hydrogen-bond acceptors (Lipinski definition) is 1. The highest BCUT2D eigenvalue weighted by molar-refractivity contribution is 5.85. The molecule has 3 N–H and O–H groups in total. The number of aryl methyl sites for hydroxylation is 1. The molecule has 1 aromatic heterocycles. The first-order valence-corrected chi connectivity index (χ1v) is 5.18. The van der Waals surface area contributed by atoms with Gasteiger partial charge in [0.15, 0.2) is 0 Å². The van der Waals surface area contributed by atoms with Gasteiger partial charge in [-0.3, -0.25) is 0 Å². The molecular formula is C12H15ClN2. The highest BCUT2D eigenvalue weighted by Crippen LogP contribution is 2.28. The Hall–Kier alpha value is -0.990. The van der Waals surface area contributed by atoms with E-state index in [1.54, 1.807) is 0 Å². The average Bonchev–Trinajstić information content (AvgIpc) is 2.54. The summed E-state index contributed by atoms with van der Waals surface area (Å²) in [7, 11) is 0. The second-order valence-electron chi connectivity index (χ2n) is 4.13. The summed E-state index contributed by atoms with van der Waals surface area (Å²) < 4.78 is 0. The number of nitrogens with two attached hydrogens (primary N) is 1. The lowest BCUT2D eigenvalue weighted by Gasteiger charge is -2.17. The maximum absolute atomic E-state index is 5.95. The summed E-state index contributed by atoms with van der Waals surface area (Å²) in [5.41, 5.74) is 10.0. The third-order valence-electron chi connectivity index (χ3n) is 3.13. The second-order valence-corrected chi connectivity index (χ2v) is 4.13. The second kappa shape index (κ2) is 3.87. The van der Waals surface area contributed by atoms with Crippen LogP contribution in [-0.4, -0.2) is 11.0 Å². The van der Waals surface area contributed by atoms with Crippen LogP contribution in [0.4, 0.5) is 0 Å². The van der Waals surface area contributed by atoms with Crippen LogP contribution >= 0.6 is 12.4 Å². The van der Waals surface area contributed by atoms with Gasteiger partial charge in [-0.05, 0) is 24.5 Å². The quantitative estimate of drug-likeness (QED) is 0.706. The standard InChI is InChI=1S/C12H14N2.ClH/c13-8-5-6-10-9-3-1-2-4-11(9)14-12(10)7-8;/h1-4,8,14H,5-7,13H2;1H. The number of para-hydroxylation sites is 1. The van der Waals surface area contributed by atoms with Gasteiger partial charge in [0.2, 0.25) is 0 Å². The van der Waals surface area contributed by atoms with Gasteiger partial charge in [-0.2, -0.15) is 0 Å². The van der Waals surface area contributed by atoms with E-state index in [-0.39, 0.29) is 12.4 Å². The largest absolute Gasteiger partial charge is 0.358 e. The van der Waals surface area contributed by atoms with Crippen LogP contribution in [0.25, 0.3) is 10.9 Å². The van der Waals surface area contributed by atoms with E-state index < -0.39 is 0 Å². The first-order chi connectivity index (χ1) is 6.84. The summed E-state index contributed by atoms with van der Waals surface area (Å²) in [6, 6.07) is 8.85. The van der Waals surface area contributed by atoms with Gasteiger partial charge in [-0.25, -0.2) is 0 Å². The van der Waals surface area contributed by atoms with Crippen LogP contribution in [0.15, 0.2) is 24.3 Å². The molecule has 80 valence electrons. The van der Waals surface area contributed by atoms with Crippen molar-refractivity contribution in [1.29, 1.82) is 0 Å². The lowest BCUT2D eigenvalue weighted by atomic mass is 9.92. The molecule has 3 heteroatoms. The van der Waals surface area contributed by atoms with Crippen LogP contribution in [-0.2, 0) is 12.8 Å². The Morgan fingerprint density at radius 3 is 2.93 bits per heavy atom. The van der Waals surface area contributed by atoms with E-state index in [4.69, 9.17) is 5.73 Å². The Morgan fingerprint density at radius 1 is 1.27 bits per heavy atom. The Morgan fingerprint density at radius 2 is 2.07 bits per heavy atom. The fourth-order valence-electron chi connectivity index (χ4n) is 2.41. The van der Waals surface area contributed by atoms with Crippen LogP contribution in [0.2, 0.25) is 0 Å². The third-order valence-corrected chi connectivity index (χ3v) is 3.13. The van der Waals surface area contributed by atoms with Crippen molar-refractivity contribution in [2.24, 2.45) is 5.73 Å². The van der Waals surface area contributed by atoms with Gasteiger partial charge in [0.05, 0.1) is 0 Å². The number of H-pyrrole nitrogens is 1. The molecule has 0 spiro atoms. The summed E-state index contributed by atoms with van der Waals surface area (Å²) >= 11 is 0. The minimum absolute atomic E-state index is 0. The number of aromatic amines is 1. The molecule has 0 fully saturated rings. The topological polar surface area (TPSA) is 41.8 Å². The van der Waals surface area contributed by atoms with E-state index in [1.165, 1.54) is 22.2 Å². The number of rotatable bonds is 0. The van der Waals surface area contributed by atoms with E-state index >= 15 is 0 Å². The number of benzene rings is 1. The van der Waals surface area contributed by atoms with E-state index in [9.17, 15) is 0 Å². The van der Waals surface area contributed by atoms with Crippen molar-refractivity contribution in [3.63, 3.8) is 0 Å². The Bertz CT molecular complexity index is 475. The van der Waals surface area contributed by atoms with Gasteiger partial charge in [-0.15, -0.1) is 12.4 Å². The van der Waals surface area contributed by atoms with Gasteiger partial charge >= 0.3 is 0 Å². The van der Waals surface area contributed by atoms with Crippen LogP contribution < -0.4 is 5.73 Å². The molecule has 1 aliphatic carbocycles. The molecule has 1 heterocycles. The molecule has 0 radical (unpaired) electrons. The maximum Gasteiger partial charge on any atom is 0.0458 e. The monoisotopic (exact) mass is 222 g/mol. The summed E-state index contributed by atoms with van der Waals surface area (Å²) in [4.78, 5) is 3.47. The summed E-state index contributed by atoms with van der Waals surface area (Å²) in [5.74, 6) is 0. The fourth-order valence-corrected chi connectivity index (χ4v) is 2.41. The van der Waals surface area contributed by atoms with Crippen LogP contribution in [0.5, 0.6) is 0 Å². The lowest BCUT2D eigenvalue weighted by molar-refractivity contribution is 0.572. The van der Waals surface area contributed by atoms with E-state index in [0.717, 1.165) is 19.3 Å². The van der Waals surface area contributed by atoms with Gasteiger partial charge in [0.1, 0.15) is 0 Å². The minimum atomic E-state index is 0. The first-order valence-electron chi connectivity index (χ1n) is 5.18.